The quantitative estimate of drug-likeness (QED) is 0.724. The van der Waals surface area contributed by atoms with Crippen molar-refractivity contribution in [2.75, 3.05) is 7.05 Å². The lowest BCUT2D eigenvalue weighted by Gasteiger charge is -2.17. The fourth-order valence-corrected chi connectivity index (χ4v) is 2.58. The fourth-order valence-electron chi connectivity index (χ4n) is 2.58. The third-order valence-corrected chi connectivity index (χ3v) is 4.06. The lowest BCUT2D eigenvalue weighted by atomic mass is 10.2. The van der Waals surface area contributed by atoms with Gasteiger partial charge in [-0.25, -0.2) is 4.79 Å². The van der Waals surface area contributed by atoms with E-state index < -0.39 is 0 Å². The standard InChI is InChI=1S/C17H22N8O/c1-4-24-12-14(13(2)20-24)11-23(3)17(26)18-10-16-19-21-22-25(16)15-8-6-5-7-9-15/h5-9,12H,4,10-11H2,1-3H3,(H,18,26). The molecule has 3 aromatic rings. The van der Waals surface area contributed by atoms with Gasteiger partial charge in [0, 0.05) is 25.4 Å². The second kappa shape index (κ2) is 7.77. The molecule has 2 amide bonds. The van der Waals surface area contributed by atoms with Crippen molar-refractivity contribution < 1.29 is 4.79 Å². The van der Waals surface area contributed by atoms with Crippen molar-refractivity contribution in [1.29, 1.82) is 0 Å². The summed E-state index contributed by atoms with van der Waals surface area (Å²) < 4.78 is 3.47. The second-order valence-electron chi connectivity index (χ2n) is 5.95. The SMILES string of the molecule is CCn1cc(CN(C)C(=O)NCc2nnnn2-c2ccccc2)c(C)n1. The molecule has 9 nitrogen and oxygen atoms in total. The summed E-state index contributed by atoms with van der Waals surface area (Å²) in [5, 5.41) is 18.9. The Balaban J connectivity index is 1.61. The van der Waals surface area contributed by atoms with Gasteiger partial charge < -0.3 is 10.2 Å². The molecule has 26 heavy (non-hydrogen) atoms. The molecule has 0 radical (unpaired) electrons. The Hall–Kier alpha value is -3.23. The number of amides is 2. The molecule has 0 saturated carbocycles. The van der Waals surface area contributed by atoms with Gasteiger partial charge in [-0.1, -0.05) is 18.2 Å². The van der Waals surface area contributed by atoms with E-state index in [4.69, 9.17) is 0 Å². The van der Waals surface area contributed by atoms with Gasteiger partial charge in [-0.15, -0.1) is 5.10 Å². The van der Waals surface area contributed by atoms with Gasteiger partial charge in [-0.05, 0) is 36.4 Å². The number of tetrazole rings is 1. The van der Waals surface area contributed by atoms with Gasteiger partial charge in [0.25, 0.3) is 0 Å². The Morgan fingerprint density at radius 3 is 2.73 bits per heavy atom. The van der Waals surface area contributed by atoms with Gasteiger partial charge in [-0.3, -0.25) is 4.68 Å². The van der Waals surface area contributed by atoms with Crippen LogP contribution in [0.1, 0.15) is 24.0 Å². The van der Waals surface area contributed by atoms with Gasteiger partial charge in [0.15, 0.2) is 5.82 Å². The lowest BCUT2D eigenvalue weighted by Crippen LogP contribution is -2.37. The molecule has 2 aromatic heterocycles. The summed E-state index contributed by atoms with van der Waals surface area (Å²) in [6.07, 6.45) is 1.97. The van der Waals surface area contributed by atoms with E-state index in [2.05, 4.69) is 25.9 Å². The number of hydrogen-bond donors (Lipinski definition) is 1. The third kappa shape index (κ3) is 3.88. The van der Waals surface area contributed by atoms with Gasteiger partial charge in [0.1, 0.15) is 0 Å². The molecule has 0 bridgehead atoms. The first kappa shape index (κ1) is 17.6. The number of hydrogen-bond acceptors (Lipinski definition) is 5. The Kier molecular flexibility index (Phi) is 5.26. The minimum absolute atomic E-state index is 0.198. The van der Waals surface area contributed by atoms with Crippen molar-refractivity contribution in [2.45, 2.75) is 33.5 Å². The van der Waals surface area contributed by atoms with E-state index in [0.29, 0.717) is 12.4 Å². The van der Waals surface area contributed by atoms with Crippen LogP contribution in [-0.4, -0.2) is 48.0 Å². The molecule has 0 unspecified atom stereocenters. The van der Waals surface area contributed by atoms with Crippen LogP contribution in [0.2, 0.25) is 0 Å². The fraction of sp³-hybridized carbons (Fsp3) is 0.353. The Morgan fingerprint density at radius 2 is 2.04 bits per heavy atom. The highest BCUT2D eigenvalue weighted by Gasteiger charge is 2.14. The van der Waals surface area contributed by atoms with Gasteiger partial charge in [0.2, 0.25) is 0 Å². The first-order valence-corrected chi connectivity index (χ1v) is 8.43. The predicted octanol–water partition coefficient (Wildman–Crippen LogP) is 1.53. The normalized spacial score (nSPS) is 10.7. The number of aromatic nitrogens is 6. The highest BCUT2D eigenvalue weighted by atomic mass is 16.2. The number of carbonyl (C=O) groups is 1. The van der Waals surface area contributed by atoms with Crippen molar-refractivity contribution in [3.05, 3.63) is 53.6 Å². The molecular formula is C17H22N8O. The summed E-state index contributed by atoms with van der Waals surface area (Å²) in [6, 6.07) is 9.35. The smallest absolute Gasteiger partial charge is 0.317 e. The van der Waals surface area contributed by atoms with E-state index in [1.807, 2.05) is 55.1 Å². The topological polar surface area (TPSA) is 93.8 Å². The Morgan fingerprint density at radius 1 is 1.27 bits per heavy atom. The van der Waals surface area contributed by atoms with Crippen LogP contribution >= 0.6 is 0 Å². The summed E-state index contributed by atoms with van der Waals surface area (Å²) in [7, 11) is 1.75. The largest absolute Gasteiger partial charge is 0.331 e. The molecule has 0 fully saturated rings. The number of para-hydroxylation sites is 1. The maximum Gasteiger partial charge on any atom is 0.317 e. The van der Waals surface area contributed by atoms with E-state index >= 15 is 0 Å². The summed E-state index contributed by atoms with van der Waals surface area (Å²) in [6.45, 7) is 5.50. The number of benzene rings is 1. The Bertz CT molecular complexity index is 870. The van der Waals surface area contributed by atoms with Crippen LogP contribution in [0.25, 0.3) is 5.69 Å². The van der Waals surface area contributed by atoms with Crippen LogP contribution in [0, 0.1) is 6.92 Å². The molecule has 0 aliphatic carbocycles. The highest BCUT2D eigenvalue weighted by Crippen LogP contribution is 2.09. The van der Waals surface area contributed by atoms with E-state index in [1.54, 1.807) is 16.6 Å². The van der Waals surface area contributed by atoms with Crippen LogP contribution < -0.4 is 5.32 Å². The van der Waals surface area contributed by atoms with E-state index in [1.165, 1.54) is 0 Å². The summed E-state index contributed by atoms with van der Waals surface area (Å²) in [4.78, 5) is 14.0. The maximum absolute atomic E-state index is 12.4. The number of carbonyl (C=O) groups excluding carboxylic acids is 1. The molecule has 1 N–H and O–H groups in total. The minimum Gasteiger partial charge on any atom is -0.331 e. The zero-order valence-electron chi connectivity index (χ0n) is 15.1. The van der Waals surface area contributed by atoms with Crippen LogP contribution in [0.3, 0.4) is 0 Å². The molecule has 0 aliphatic heterocycles. The van der Waals surface area contributed by atoms with Crippen LogP contribution in [0.15, 0.2) is 36.5 Å². The molecular weight excluding hydrogens is 332 g/mol. The molecule has 3 rings (SSSR count). The second-order valence-corrected chi connectivity index (χ2v) is 5.95. The number of nitrogens with zero attached hydrogens (tertiary/aromatic N) is 7. The van der Waals surface area contributed by atoms with Crippen molar-refractivity contribution in [2.24, 2.45) is 0 Å². The van der Waals surface area contributed by atoms with Gasteiger partial charge in [0.05, 0.1) is 24.5 Å². The monoisotopic (exact) mass is 354 g/mol. The molecule has 2 heterocycles. The molecule has 1 aromatic carbocycles. The number of urea groups is 1. The summed E-state index contributed by atoms with van der Waals surface area (Å²) in [5.74, 6) is 0.563. The zero-order chi connectivity index (χ0) is 18.5. The predicted molar refractivity (Wildman–Crippen MR) is 95.5 cm³/mol. The summed E-state index contributed by atoms with van der Waals surface area (Å²) >= 11 is 0. The van der Waals surface area contributed by atoms with Crippen LogP contribution in [0.5, 0.6) is 0 Å². The lowest BCUT2D eigenvalue weighted by molar-refractivity contribution is 0.206. The van der Waals surface area contributed by atoms with E-state index in [9.17, 15) is 4.79 Å². The zero-order valence-corrected chi connectivity index (χ0v) is 15.1. The molecule has 136 valence electrons. The average molecular weight is 354 g/mol. The molecule has 0 aliphatic rings. The average Bonchev–Trinajstić information content (AvgIpc) is 3.27. The summed E-state index contributed by atoms with van der Waals surface area (Å²) in [5.41, 5.74) is 2.80. The van der Waals surface area contributed by atoms with Crippen molar-refractivity contribution in [3.8, 4) is 5.69 Å². The maximum atomic E-state index is 12.4. The first-order valence-electron chi connectivity index (χ1n) is 8.43. The van der Waals surface area contributed by atoms with Gasteiger partial charge >= 0.3 is 6.03 Å². The van der Waals surface area contributed by atoms with Gasteiger partial charge in [-0.2, -0.15) is 9.78 Å². The van der Waals surface area contributed by atoms with E-state index in [-0.39, 0.29) is 12.6 Å². The third-order valence-electron chi connectivity index (χ3n) is 4.06. The van der Waals surface area contributed by atoms with Crippen LogP contribution in [-0.2, 0) is 19.6 Å². The van der Waals surface area contributed by atoms with Crippen molar-refractivity contribution >= 4 is 6.03 Å². The molecule has 0 spiro atoms. The number of rotatable bonds is 6. The number of nitrogens with one attached hydrogen (secondary N) is 1. The van der Waals surface area contributed by atoms with Crippen LogP contribution in [0.4, 0.5) is 4.79 Å². The molecule has 9 heteroatoms. The van der Waals surface area contributed by atoms with E-state index in [0.717, 1.165) is 23.5 Å². The first-order chi connectivity index (χ1) is 12.6. The number of aryl methyl sites for hydroxylation is 2. The Labute approximate surface area is 151 Å². The van der Waals surface area contributed by atoms with Crippen molar-refractivity contribution in [3.63, 3.8) is 0 Å². The molecule has 0 atom stereocenters. The minimum atomic E-state index is -0.198. The molecule has 0 saturated heterocycles. The highest BCUT2D eigenvalue weighted by molar-refractivity contribution is 5.73. The van der Waals surface area contributed by atoms with Crippen molar-refractivity contribution in [1.82, 2.24) is 40.2 Å².